The lowest BCUT2D eigenvalue weighted by atomic mass is 10.1. The van der Waals surface area contributed by atoms with Crippen molar-refractivity contribution in [3.8, 4) is 11.1 Å². The van der Waals surface area contributed by atoms with E-state index in [1.54, 1.807) is 12.1 Å². The smallest absolute Gasteiger partial charge is 0.263 e. The van der Waals surface area contributed by atoms with Crippen LogP contribution >= 0.6 is 0 Å². The van der Waals surface area contributed by atoms with Gasteiger partial charge in [-0.2, -0.15) is 4.72 Å². The molecule has 0 fully saturated rings. The van der Waals surface area contributed by atoms with E-state index in [0.29, 0.717) is 0 Å². The number of hydroxylamine groups is 1. The Kier molecular flexibility index (Phi) is 7.31. The number of carbonyl (C=O) groups is 1. The van der Waals surface area contributed by atoms with Crippen LogP contribution in [0.4, 0.5) is 0 Å². The molecule has 1 unspecified atom stereocenters. The molecule has 0 aromatic heterocycles. The van der Waals surface area contributed by atoms with Crippen molar-refractivity contribution in [2.75, 3.05) is 6.61 Å². The van der Waals surface area contributed by atoms with Crippen molar-refractivity contribution in [1.29, 1.82) is 0 Å². The molecule has 0 radical (unpaired) electrons. The van der Waals surface area contributed by atoms with Crippen LogP contribution < -0.4 is 10.2 Å². The van der Waals surface area contributed by atoms with E-state index in [9.17, 15) is 13.2 Å². The number of amides is 1. The van der Waals surface area contributed by atoms with E-state index in [-0.39, 0.29) is 19.5 Å². The predicted molar refractivity (Wildman–Crippen MR) is 114 cm³/mol. The van der Waals surface area contributed by atoms with E-state index in [2.05, 4.69) is 4.72 Å². The van der Waals surface area contributed by atoms with Gasteiger partial charge in [0.1, 0.15) is 6.04 Å². The zero-order chi connectivity index (χ0) is 21.4. The molecule has 0 bridgehead atoms. The number of hydrogen-bond acceptors (Lipinski definition) is 5. The van der Waals surface area contributed by atoms with Gasteiger partial charge >= 0.3 is 0 Å². The molecule has 3 aromatic rings. The van der Waals surface area contributed by atoms with Crippen molar-refractivity contribution in [2.45, 2.75) is 17.5 Å². The maximum absolute atomic E-state index is 12.7. The Bertz CT molecular complexity index is 1060. The molecule has 3 rings (SSSR count). The fourth-order valence-corrected chi connectivity index (χ4v) is 4.00. The summed E-state index contributed by atoms with van der Waals surface area (Å²) < 4.78 is 33.2. The van der Waals surface area contributed by atoms with Crippen molar-refractivity contribution in [2.24, 2.45) is 0 Å². The monoisotopic (exact) mass is 428 g/mol. The molecule has 7 nitrogen and oxygen atoms in total. The Morgan fingerprint density at radius 1 is 0.900 bits per heavy atom. The molecule has 0 spiro atoms. The Balaban J connectivity index is 0.00000341. The first-order chi connectivity index (χ1) is 14.5. The Morgan fingerprint density at radius 2 is 1.47 bits per heavy atom. The summed E-state index contributed by atoms with van der Waals surface area (Å²) in [7, 11) is -4.01. The van der Waals surface area contributed by atoms with Gasteiger partial charge in [0.15, 0.2) is 0 Å². The van der Waals surface area contributed by atoms with Crippen LogP contribution in [0.25, 0.3) is 11.1 Å². The zero-order valence-electron chi connectivity index (χ0n) is 16.1. The molecule has 1 atom stereocenters. The Labute approximate surface area is 176 Å². The number of rotatable bonds is 9. The molecule has 0 aliphatic heterocycles. The SMILES string of the molecule is O=C(NO)C(COCc1ccccc1)NS(=O)(=O)c1ccc(-c2ccccc2)cc1.[HH]. The molecule has 0 saturated carbocycles. The number of nitrogens with one attached hydrogen (secondary N) is 2. The third-order valence-corrected chi connectivity index (χ3v) is 5.88. The van der Waals surface area contributed by atoms with Crippen LogP contribution in [0.2, 0.25) is 0 Å². The van der Waals surface area contributed by atoms with Crippen molar-refractivity contribution >= 4 is 15.9 Å². The van der Waals surface area contributed by atoms with Crippen molar-refractivity contribution in [3.05, 3.63) is 90.5 Å². The molecule has 3 N–H and O–H groups in total. The quantitative estimate of drug-likeness (QED) is 0.359. The minimum absolute atomic E-state index is 0. The fourth-order valence-electron chi connectivity index (χ4n) is 2.82. The van der Waals surface area contributed by atoms with E-state index < -0.39 is 22.0 Å². The van der Waals surface area contributed by atoms with Gasteiger partial charge in [-0.25, -0.2) is 13.9 Å². The average molecular weight is 429 g/mol. The van der Waals surface area contributed by atoms with Gasteiger partial charge in [0, 0.05) is 1.43 Å². The zero-order valence-corrected chi connectivity index (χ0v) is 16.9. The van der Waals surface area contributed by atoms with Crippen molar-refractivity contribution in [1.82, 2.24) is 10.2 Å². The van der Waals surface area contributed by atoms with Crippen LogP contribution in [0, 0.1) is 0 Å². The third-order valence-electron chi connectivity index (χ3n) is 4.39. The van der Waals surface area contributed by atoms with Gasteiger partial charge in [-0.05, 0) is 28.8 Å². The number of hydrogen-bond donors (Lipinski definition) is 3. The summed E-state index contributed by atoms with van der Waals surface area (Å²) in [5.74, 6) is -0.910. The highest BCUT2D eigenvalue weighted by atomic mass is 32.2. The van der Waals surface area contributed by atoms with Gasteiger partial charge in [0.05, 0.1) is 18.1 Å². The lowest BCUT2D eigenvalue weighted by molar-refractivity contribution is -0.132. The molecule has 8 heteroatoms. The summed E-state index contributed by atoms with van der Waals surface area (Å²) in [5, 5.41) is 8.96. The van der Waals surface area contributed by atoms with E-state index >= 15 is 0 Å². The van der Waals surface area contributed by atoms with Gasteiger partial charge in [-0.15, -0.1) is 0 Å². The third kappa shape index (κ3) is 5.74. The van der Waals surface area contributed by atoms with Gasteiger partial charge in [0.25, 0.3) is 5.91 Å². The molecule has 30 heavy (non-hydrogen) atoms. The largest absolute Gasteiger partial charge is 0.375 e. The number of benzene rings is 3. The minimum Gasteiger partial charge on any atom is -0.375 e. The summed E-state index contributed by atoms with van der Waals surface area (Å²) >= 11 is 0. The van der Waals surface area contributed by atoms with E-state index in [0.717, 1.165) is 16.7 Å². The number of sulfonamides is 1. The molecular formula is C22H24N2O5S. The second-order valence-corrected chi connectivity index (χ2v) is 8.26. The standard InChI is InChI=1S/C22H22N2O5S.H2/c25-22(23-26)21(16-29-15-17-7-3-1-4-8-17)24-30(27,28)20-13-11-19(12-14-20)18-9-5-2-6-10-18;/h1-14,21,24,26H,15-16H2,(H,23,25);1H. The van der Waals surface area contributed by atoms with Crippen LogP contribution in [-0.4, -0.2) is 32.2 Å². The fraction of sp³-hybridized carbons (Fsp3) is 0.136. The summed E-state index contributed by atoms with van der Waals surface area (Å²) in [5.41, 5.74) is 4.17. The van der Waals surface area contributed by atoms with Crippen LogP contribution in [0.3, 0.4) is 0 Å². The minimum atomic E-state index is -4.01. The summed E-state index contributed by atoms with van der Waals surface area (Å²) in [6, 6.07) is 23.8. The first kappa shape index (κ1) is 21.7. The molecule has 0 heterocycles. The molecule has 3 aromatic carbocycles. The first-order valence-electron chi connectivity index (χ1n) is 9.23. The highest BCUT2D eigenvalue weighted by Gasteiger charge is 2.26. The van der Waals surface area contributed by atoms with E-state index in [4.69, 9.17) is 9.94 Å². The lowest BCUT2D eigenvalue weighted by Crippen LogP contribution is -2.48. The Hall–Kier alpha value is -3.04. The summed E-state index contributed by atoms with van der Waals surface area (Å²) in [4.78, 5) is 11.9. The summed E-state index contributed by atoms with van der Waals surface area (Å²) in [6.07, 6.45) is 0. The predicted octanol–water partition coefficient (Wildman–Crippen LogP) is 2.97. The molecule has 0 aliphatic carbocycles. The first-order valence-corrected chi connectivity index (χ1v) is 10.7. The highest BCUT2D eigenvalue weighted by Crippen LogP contribution is 2.21. The van der Waals surface area contributed by atoms with E-state index in [1.165, 1.54) is 17.6 Å². The van der Waals surface area contributed by atoms with Gasteiger partial charge in [-0.1, -0.05) is 72.8 Å². The highest BCUT2D eigenvalue weighted by molar-refractivity contribution is 7.89. The second-order valence-electron chi connectivity index (χ2n) is 6.54. The van der Waals surface area contributed by atoms with Crippen LogP contribution in [0.15, 0.2) is 89.8 Å². The average Bonchev–Trinajstić information content (AvgIpc) is 2.79. The van der Waals surface area contributed by atoms with Crippen molar-refractivity contribution in [3.63, 3.8) is 0 Å². The molecular weight excluding hydrogens is 404 g/mol. The van der Waals surface area contributed by atoms with Gasteiger partial charge in [0.2, 0.25) is 10.0 Å². The van der Waals surface area contributed by atoms with E-state index in [1.807, 2.05) is 60.7 Å². The van der Waals surface area contributed by atoms with Crippen LogP contribution in [0.1, 0.15) is 6.99 Å². The normalized spacial score (nSPS) is 12.3. The molecule has 0 saturated heterocycles. The maximum atomic E-state index is 12.7. The van der Waals surface area contributed by atoms with Crippen LogP contribution in [-0.2, 0) is 26.2 Å². The maximum Gasteiger partial charge on any atom is 0.263 e. The lowest BCUT2D eigenvalue weighted by Gasteiger charge is -2.17. The van der Waals surface area contributed by atoms with Crippen molar-refractivity contribution < 1.29 is 24.6 Å². The molecule has 0 aliphatic rings. The van der Waals surface area contributed by atoms with Gasteiger partial charge < -0.3 is 4.74 Å². The Morgan fingerprint density at radius 3 is 2.07 bits per heavy atom. The second kappa shape index (κ2) is 10.1. The number of carbonyl (C=O) groups excluding carboxylic acids is 1. The topological polar surface area (TPSA) is 105 Å². The molecule has 1 amide bonds. The number of ether oxygens (including phenoxy) is 1. The summed E-state index contributed by atoms with van der Waals surface area (Å²) in [6.45, 7) is -0.0494. The van der Waals surface area contributed by atoms with Gasteiger partial charge in [-0.3, -0.25) is 10.0 Å². The molecule has 158 valence electrons. The van der Waals surface area contributed by atoms with Crippen LogP contribution in [0.5, 0.6) is 0 Å².